The van der Waals surface area contributed by atoms with Crippen molar-refractivity contribution in [2.75, 3.05) is 13.1 Å². The predicted molar refractivity (Wildman–Crippen MR) is 127 cm³/mol. The largest absolute Gasteiger partial charge is 0.347 e. The Kier molecular flexibility index (Phi) is 5.77. The van der Waals surface area contributed by atoms with E-state index in [0.29, 0.717) is 34.3 Å². The standard InChI is InChI=1S/C24H21ClFN7O/c1-33-22(25)17-9-13(6-7-19(17)32-33)20-21(24(34)29-16-3-2-8-28-12-16)31-23(30-20)14-4-5-15(11-27)18(26)10-14/h4-7,9-10,16,28H,2-3,8,12H2,1H3,(H,29,34)(H,30,31)/t16-/m1/s1. The van der Waals surface area contributed by atoms with Gasteiger partial charge in [-0.15, -0.1) is 0 Å². The van der Waals surface area contributed by atoms with Crippen molar-refractivity contribution < 1.29 is 9.18 Å². The van der Waals surface area contributed by atoms with Gasteiger partial charge in [0.25, 0.3) is 5.91 Å². The highest BCUT2D eigenvalue weighted by molar-refractivity contribution is 6.34. The van der Waals surface area contributed by atoms with Gasteiger partial charge in [0.05, 0.1) is 11.1 Å². The second kappa shape index (κ2) is 8.89. The molecule has 10 heteroatoms. The quantitative estimate of drug-likeness (QED) is 0.414. The van der Waals surface area contributed by atoms with Crippen LogP contribution in [-0.2, 0) is 7.05 Å². The zero-order chi connectivity index (χ0) is 23.8. The van der Waals surface area contributed by atoms with Gasteiger partial charge in [-0.1, -0.05) is 17.7 Å². The van der Waals surface area contributed by atoms with Crippen LogP contribution in [0, 0.1) is 17.1 Å². The molecule has 0 spiro atoms. The van der Waals surface area contributed by atoms with E-state index < -0.39 is 5.82 Å². The number of H-pyrrole nitrogens is 1. The highest BCUT2D eigenvalue weighted by Gasteiger charge is 2.24. The van der Waals surface area contributed by atoms with Crippen LogP contribution in [0.1, 0.15) is 28.9 Å². The summed E-state index contributed by atoms with van der Waals surface area (Å²) in [7, 11) is 1.76. The minimum atomic E-state index is -0.652. The number of benzene rings is 2. The van der Waals surface area contributed by atoms with Crippen LogP contribution >= 0.6 is 11.6 Å². The van der Waals surface area contributed by atoms with Gasteiger partial charge in [-0.3, -0.25) is 9.48 Å². The highest BCUT2D eigenvalue weighted by Crippen LogP contribution is 2.31. The molecule has 0 radical (unpaired) electrons. The molecule has 2 aromatic carbocycles. The molecule has 3 N–H and O–H groups in total. The topological polar surface area (TPSA) is 111 Å². The molecule has 3 heterocycles. The summed E-state index contributed by atoms with van der Waals surface area (Å²) in [6.45, 7) is 1.63. The van der Waals surface area contributed by atoms with Crippen molar-refractivity contribution in [1.82, 2.24) is 30.4 Å². The number of rotatable bonds is 4. The van der Waals surface area contributed by atoms with Crippen LogP contribution in [0.3, 0.4) is 0 Å². The molecule has 1 saturated heterocycles. The Morgan fingerprint density at radius 3 is 2.85 bits per heavy atom. The molecule has 5 rings (SSSR count). The van der Waals surface area contributed by atoms with E-state index in [9.17, 15) is 9.18 Å². The third-order valence-electron chi connectivity index (χ3n) is 5.96. The average molecular weight is 478 g/mol. The Labute approximate surface area is 199 Å². The summed E-state index contributed by atoms with van der Waals surface area (Å²) < 4.78 is 15.9. The SMILES string of the molecule is Cn1nc2ccc(-c3nc(-c4ccc(C#N)c(F)c4)[nH]c3C(=O)N[C@@H]3CCCNC3)cc2c1Cl. The molecule has 1 atom stereocenters. The van der Waals surface area contributed by atoms with Crippen LogP contribution in [0.4, 0.5) is 4.39 Å². The summed E-state index contributed by atoms with van der Waals surface area (Å²) in [5.74, 6) is -0.627. The monoisotopic (exact) mass is 477 g/mol. The predicted octanol–water partition coefficient (Wildman–Crippen LogP) is 3.78. The molecule has 0 unspecified atom stereocenters. The van der Waals surface area contributed by atoms with Crippen molar-refractivity contribution in [1.29, 1.82) is 5.26 Å². The number of aryl methyl sites for hydroxylation is 1. The van der Waals surface area contributed by atoms with Crippen molar-refractivity contribution in [2.24, 2.45) is 7.05 Å². The lowest BCUT2D eigenvalue weighted by Gasteiger charge is -2.23. The number of nitrogens with one attached hydrogen (secondary N) is 3. The van der Waals surface area contributed by atoms with Crippen LogP contribution in [-0.4, -0.2) is 44.8 Å². The number of piperidine rings is 1. The molecule has 2 aromatic heterocycles. The van der Waals surface area contributed by atoms with Gasteiger partial charge in [0, 0.05) is 36.1 Å². The number of carbonyl (C=O) groups excluding carboxylic acids is 1. The maximum absolute atomic E-state index is 14.3. The van der Waals surface area contributed by atoms with E-state index in [-0.39, 0.29) is 23.2 Å². The third kappa shape index (κ3) is 4.02. The van der Waals surface area contributed by atoms with E-state index >= 15 is 0 Å². The summed E-state index contributed by atoms with van der Waals surface area (Å²) in [4.78, 5) is 21.0. The molecular formula is C24H21ClFN7O. The number of amides is 1. The molecule has 8 nitrogen and oxygen atoms in total. The number of nitrogens with zero attached hydrogens (tertiary/aromatic N) is 4. The Bertz CT molecular complexity index is 1450. The van der Waals surface area contributed by atoms with Crippen molar-refractivity contribution in [3.05, 3.63) is 58.6 Å². The zero-order valence-corrected chi connectivity index (χ0v) is 19.1. The number of fused-ring (bicyclic) bond motifs is 1. The maximum Gasteiger partial charge on any atom is 0.270 e. The van der Waals surface area contributed by atoms with Gasteiger partial charge in [0.2, 0.25) is 0 Å². The molecule has 1 aliphatic rings. The van der Waals surface area contributed by atoms with E-state index in [4.69, 9.17) is 16.9 Å². The second-order valence-electron chi connectivity index (χ2n) is 8.28. The lowest BCUT2D eigenvalue weighted by molar-refractivity contribution is 0.0927. The molecule has 4 aromatic rings. The lowest BCUT2D eigenvalue weighted by Crippen LogP contribution is -2.45. The van der Waals surface area contributed by atoms with Gasteiger partial charge in [-0.2, -0.15) is 10.4 Å². The van der Waals surface area contributed by atoms with Crippen molar-refractivity contribution in [3.8, 4) is 28.7 Å². The Morgan fingerprint density at radius 2 is 2.12 bits per heavy atom. The first-order chi connectivity index (χ1) is 16.4. The molecule has 172 valence electrons. The van der Waals surface area contributed by atoms with E-state index in [1.54, 1.807) is 17.8 Å². The van der Waals surface area contributed by atoms with Crippen LogP contribution in [0.25, 0.3) is 33.5 Å². The maximum atomic E-state index is 14.3. The van der Waals surface area contributed by atoms with E-state index in [2.05, 4.69) is 25.7 Å². The Hall–Kier alpha value is -3.74. The third-order valence-corrected chi connectivity index (χ3v) is 6.41. The fourth-order valence-corrected chi connectivity index (χ4v) is 4.37. The van der Waals surface area contributed by atoms with E-state index in [0.717, 1.165) is 30.3 Å². The fraction of sp³-hybridized carbons (Fsp3) is 0.250. The lowest BCUT2D eigenvalue weighted by atomic mass is 10.1. The normalized spacial score (nSPS) is 15.9. The van der Waals surface area contributed by atoms with Gasteiger partial charge < -0.3 is 15.6 Å². The zero-order valence-electron chi connectivity index (χ0n) is 18.3. The number of aromatic amines is 1. The number of nitriles is 1. The Balaban J connectivity index is 1.60. The van der Waals surface area contributed by atoms with Gasteiger partial charge in [-0.05, 0) is 49.7 Å². The number of hydrogen-bond acceptors (Lipinski definition) is 5. The molecule has 0 saturated carbocycles. The highest BCUT2D eigenvalue weighted by atomic mass is 35.5. The molecule has 0 bridgehead atoms. The van der Waals surface area contributed by atoms with Crippen LogP contribution in [0.15, 0.2) is 36.4 Å². The van der Waals surface area contributed by atoms with E-state index in [1.165, 1.54) is 12.1 Å². The summed E-state index contributed by atoms with van der Waals surface area (Å²) in [5, 5.41) is 20.9. The average Bonchev–Trinajstić information content (AvgIpc) is 3.41. The van der Waals surface area contributed by atoms with Gasteiger partial charge >= 0.3 is 0 Å². The summed E-state index contributed by atoms with van der Waals surface area (Å²) in [5.41, 5.74) is 2.45. The summed E-state index contributed by atoms with van der Waals surface area (Å²) in [6.07, 6.45) is 1.86. The molecule has 0 aliphatic carbocycles. The summed E-state index contributed by atoms with van der Waals surface area (Å²) in [6, 6.07) is 11.5. The number of aromatic nitrogens is 4. The fourth-order valence-electron chi connectivity index (χ4n) is 4.18. The van der Waals surface area contributed by atoms with Crippen LogP contribution in [0.5, 0.6) is 0 Å². The Morgan fingerprint density at radius 1 is 1.29 bits per heavy atom. The second-order valence-corrected chi connectivity index (χ2v) is 8.64. The molecular weight excluding hydrogens is 457 g/mol. The first-order valence-corrected chi connectivity index (χ1v) is 11.3. The molecule has 1 aliphatic heterocycles. The van der Waals surface area contributed by atoms with Gasteiger partial charge in [0.1, 0.15) is 34.3 Å². The summed E-state index contributed by atoms with van der Waals surface area (Å²) >= 11 is 6.40. The minimum absolute atomic E-state index is 0.00320. The van der Waals surface area contributed by atoms with Crippen LogP contribution < -0.4 is 10.6 Å². The first-order valence-electron chi connectivity index (χ1n) is 10.9. The van der Waals surface area contributed by atoms with Crippen molar-refractivity contribution in [2.45, 2.75) is 18.9 Å². The van der Waals surface area contributed by atoms with Gasteiger partial charge in [0.15, 0.2) is 0 Å². The molecule has 1 amide bonds. The van der Waals surface area contributed by atoms with Crippen LogP contribution in [0.2, 0.25) is 5.15 Å². The first kappa shape index (κ1) is 22.1. The number of halogens is 2. The van der Waals surface area contributed by atoms with Gasteiger partial charge in [-0.25, -0.2) is 9.37 Å². The number of carbonyl (C=O) groups is 1. The van der Waals surface area contributed by atoms with Crippen molar-refractivity contribution in [3.63, 3.8) is 0 Å². The number of imidazole rings is 1. The van der Waals surface area contributed by atoms with Crippen molar-refractivity contribution >= 4 is 28.4 Å². The van der Waals surface area contributed by atoms with E-state index in [1.807, 2.05) is 24.3 Å². The number of hydrogen-bond donors (Lipinski definition) is 3. The molecule has 1 fully saturated rings. The smallest absolute Gasteiger partial charge is 0.270 e. The minimum Gasteiger partial charge on any atom is -0.347 e. The molecule has 34 heavy (non-hydrogen) atoms.